The number of carbonyl (C=O) groups is 1. The van der Waals surface area contributed by atoms with Gasteiger partial charge in [0.15, 0.2) is 5.96 Å². The molecule has 2 aromatic rings. The molecule has 1 fully saturated rings. The van der Waals surface area contributed by atoms with Gasteiger partial charge in [-0.25, -0.2) is 0 Å². The molecule has 1 unspecified atom stereocenters. The molecular formula is C20H29IN6O2. The van der Waals surface area contributed by atoms with Crippen LogP contribution in [-0.2, 0) is 11.8 Å². The van der Waals surface area contributed by atoms with Gasteiger partial charge in [0.25, 0.3) is 0 Å². The topological polar surface area (TPSA) is 75.0 Å². The van der Waals surface area contributed by atoms with E-state index in [0.29, 0.717) is 25.6 Å². The Morgan fingerprint density at radius 1 is 1.38 bits per heavy atom. The maximum Gasteiger partial charge on any atom is 0.246 e. The first-order valence-electron chi connectivity index (χ1n) is 9.44. The minimum Gasteiger partial charge on any atom is -0.489 e. The smallest absolute Gasteiger partial charge is 0.246 e. The van der Waals surface area contributed by atoms with Gasteiger partial charge in [0.05, 0.1) is 18.4 Å². The number of aryl methyl sites for hydroxylation is 2. The number of anilines is 1. The van der Waals surface area contributed by atoms with E-state index >= 15 is 0 Å². The van der Waals surface area contributed by atoms with Crippen LogP contribution in [0.2, 0.25) is 0 Å². The maximum atomic E-state index is 12.6. The molecule has 9 heteroatoms. The number of nitrogens with one attached hydrogen (secondary N) is 1. The summed E-state index contributed by atoms with van der Waals surface area (Å²) in [6, 6.07) is 7.99. The van der Waals surface area contributed by atoms with Crippen LogP contribution in [0.5, 0.6) is 5.75 Å². The van der Waals surface area contributed by atoms with Gasteiger partial charge < -0.3 is 19.9 Å². The largest absolute Gasteiger partial charge is 0.489 e. The normalized spacial score (nSPS) is 15.7. The van der Waals surface area contributed by atoms with Gasteiger partial charge in [-0.2, -0.15) is 5.10 Å². The van der Waals surface area contributed by atoms with Gasteiger partial charge in [0.2, 0.25) is 5.91 Å². The first-order chi connectivity index (χ1) is 13.5. The number of piperazine rings is 1. The summed E-state index contributed by atoms with van der Waals surface area (Å²) in [5.74, 6) is 1.59. The van der Waals surface area contributed by atoms with E-state index < -0.39 is 0 Å². The fourth-order valence-corrected chi connectivity index (χ4v) is 3.20. The molecule has 158 valence electrons. The first-order valence-corrected chi connectivity index (χ1v) is 9.44. The highest BCUT2D eigenvalue weighted by atomic mass is 127. The Balaban J connectivity index is 0.00000300. The lowest BCUT2D eigenvalue weighted by atomic mass is 10.2. The molecule has 0 aliphatic carbocycles. The van der Waals surface area contributed by atoms with E-state index in [1.165, 1.54) is 5.56 Å². The zero-order chi connectivity index (χ0) is 20.1. The van der Waals surface area contributed by atoms with Gasteiger partial charge in [0.1, 0.15) is 18.4 Å². The van der Waals surface area contributed by atoms with Crippen molar-refractivity contribution in [2.75, 3.05) is 38.1 Å². The summed E-state index contributed by atoms with van der Waals surface area (Å²) in [6.07, 6.45) is 3.53. The highest BCUT2D eigenvalue weighted by Gasteiger charge is 2.27. The molecule has 29 heavy (non-hydrogen) atoms. The quantitative estimate of drug-likeness (QED) is 0.377. The third-order valence-electron chi connectivity index (χ3n) is 4.61. The average molecular weight is 512 g/mol. The number of amides is 1. The van der Waals surface area contributed by atoms with Crippen molar-refractivity contribution in [1.82, 2.24) is 20.0 Å². The molecule has 1 aromatic heterocycles. The molecule has 1 aliphatic heterocycles. The Kier molecular flexibility index (Phi) is 8.30. The summed E-state index contributed by atoms with van der Waals surface area (Å²) in [4.78, 5) is 20.6. The number of aliphatic imine (C=N–C) groups is 1. The average Bonchev–Trinajstić information content (AvgIpc) is 3.08. The van der Waals surface area contributed by atoms with Gasteiger partial charge in [0, 0.05) is 33.4 Å². The minimum absolute atomic E-state index is 0. The number of guanidine groups is 1. The molecule has 8 nitrogen and oxygen atoms in total. The van der Waals surface area contributed by atoms with Crippen molar-refractivity contribution in [3.05, 3.63) is 42.2 Å². The summed E-state index contributed by atoms with van der Waals surface area (Å²) in [7, 11) is 3.57. The van der Waals surface area contributed by atoms with Crippen LogP contribution in [-0.4, -0.2) is 65.9 Å². The zero-order valence-corrected chi connectivity index (χ0v) is 19.7. The van der Waals surface area contributed by atoms with Gasteiger partial charge in [-0.1, -0.05) is 12.1 Å². The first kappa shape index (κ1) is 23.0. The van der Waals surface area contributed by atoms with Crippen LogP contribution in [0.25, 0.3) is 0 Å². The van der Waals surface area contributed by atoms with Gasteiger partial charge in [-0.15, -0.1) is 24.0 Å². The summed E-state index contributed by atoms with van der Waals surface area (Å²) < 4.78 is 7.65. The second-order valence-electron chi connectivity index (χ2n) is 7.01. The lowest BCUT2D eigenvalue weighted by Crippen LogP contribution is -2.56. The van der Waals surface area contributed by atoms with Crippen molar-refractivity contribution in [3.63, 3.8) is 0 Å². The fraction of sp³-hybridized carbons (Fsp3) is 0.450. The third-order valence-corrected chi connectivity index (χ3v) is 4.61. The number of carbonyl (C=O) groups excluding carboxylic acids is 1. The third kappa shape index (κ3) is 6.09. The molecule has 1 amide bonds. The molecule has 0 bridgehead atoms. The van der Waals surface area contributed by atoms with E-state index in [-0.39, 0.29) is 42.5 Å². The SMILES string of the molecule is CN=C(NCC(C)Oc1cccc(C)c1)N1CCN(c2cnn(C)c2)C(=O)C1.I. The number of rotatable bonds is 5. The summed E-state index contributed by atoms with van der Waals surface area (Å²) in [5, 5.41) is 7.46. The van der Waals surface area contributed by atoms with Crippen molar-refractivity contribution in [1.29, 1.82) is 0 Å². The monoisotopic (exact) mass is 512 g/mol. The Morgan fingerprint density at radius 3 is 2.79 bits per heavy atom. The number of aromatic nitrogens is 2. The second kappa shape index (κ2) is 10.5. The number of hydrogen-bond donors (Lipinski definition) is 1. The van der Waals surface area contributed by atoms with Crippen LogP contribution in [0, 0.1) is 6.92 Å². The van der Waals surface area contributed by atoms with Crippen molar-refractivity contribution in [2.24, 2.45) is 12.0 Å². The van der Waals surface area contributed by atoms with E-state index in [1.54, 1.807) is 22.8 Å². The molecule has 0 spiro atoms. The van der Waals surface area contributed by atoms with E-state index in [0.717, 1.165) is 11.4 Å². The van der Waals surface area contributed by atoms with Crippen LogP contribution in [0.3, 0.4) is 0 Å². The molecule has 2 heterocycles. The standard InChI is InChI=1S/C20H28N6O2.HI/c1-15-6-5-7-18(10-15)28-16(2)11-22-20(21-3)25-8-9-26(19(27)14-25)17-12-23-24(4)13-17;/h5-7,10,12-13,16H,8-9,11,14H2,1-4H3,(H,21,22);1H. The van der Waals surface area contributed by atoms with Crippen molar-refractivity contribution in [2.45, 2.75) is 20.0 Å². The van der Waals surface area contributed by atoms with Crippen LogP contribution < -0.4 is 15.0 Å². The molecule has 1 aliphatic rings. The predicted octanol–water partition coefficient (Wildman–Crippen LogP) is 2.04. The number of nitrogens with zero attached hydrogens (tertiary/aromatic N) is 5. The molecule has 1 aromatic carbocycles. The number of benzene rings is 1. The van der Waals surface area contributed by atoms with E-state index in [2.05, 4.69) is 15.4 Å². The molecule has 1 saturated heterocycles. The van der Waals surface area contributed by atoms with Crippen LogP contribution in [0.15, 0.2) is 41.7 Å². The molecule has 3 rings (SSSR count). The van der Waals surface area contributed by atoms with Gasteiger partial charge in [-0.05, 0) is 31.5 Å². The van der Waals surface area contributed by atoms with Crippen molar-refractivity contribution >= 4 is 41.5 Å². The van der Waals surface area contributed by atoms with Gasteiger partial charge in [-0.3, -0.25) is 14.5 Å². The number of ether oxygens (including phenoxy) is 1. The molecule has 1 atom stereocenters. The highest BCUT2D eigenvalue weighted by molar-refractivity contribution is 14.0. The summed E-state index contributed by atoms with van der Waals surface area (Å²) in [6.45, 7) is 6.22. The van der Waals surface area contributed by atoms with Crippen molar-refractivity contribution in [3.8, 4) is 5.75 Å². The van der Waals surface area contributed by atoms with Crippen LogP contribution >= 0.6 is 24.0 Å². The van der Waals surface area contributed by atoms with Crippen molar-refractivity contribution < 1.29 is 9.53 Å². The maximum absolute atomic E-state index is 12.6. The minimum atomic E-state index is -0.0362. The Morgan fingerprint density at radius 2 is 2.17 bits per heavy atom. The highest BCUT2D eigenvalue weighted by Crippen LogP contribution is 2.16. The van der Waals surface area contributed by atoms with E-state index in [1.807, 2.05) is 56.3 Å². The Hall–Kier alpha value is -2.30. The molecular weight excluding hydrogens is 483 g/mol. The Bertz CT molecular complexity index is 853. The van der Waals surface area contributed by atoms with Crippen LogP contribution in [0.1, 0.15) is 12.5 Å². The molecule has 0 radical (unpaired) electrons. The lowest BCUT2D eigenvalue weighted by Gasteiger charge is -2.35. The fourth-order valence-electron chi connectivity index (χ4n) is 3.20. The number of hydrogen-bond acceptors (Lipinski definition) is 4. The Labute approximate surface area is 188 Å². The molecule has 1 N–H and O–H groups in total. The lowest BCUT2D eigenvalue weighted by molar-refractivity contribution is -0.120. The zero-order valence-electron chi connectivity index (χ0n) is 17.3. The number of halogens is 1. The van der Waals surface area contributed by atoms with E-state index in [9.17, 15) is 4.79 Å². The summed E-state index contributed by atoms with van der Waals surface area (Å²) in [5.41, 5.74) is 1.99. The summed E-state index contributed by atoms with van der Waals surface area (Å²) >= 11 is 0. The second-order valence-corrected chi connectivity index (χ2v) is 7.01. The van der Waals surface area contributed by atoms with E-state index in [4.69, 9.17) is 4.74 Å². The molecule has 0 saturated carbocycles. The van der Waals surface area contributed by atoms with Crippen LogP contribution in [0.4, 0.5) is 5.69 Å². The van der Waals surface area contributed by atoms with Gasteiger partial charge >= 0.3 is 0 Å². The predicted molar refractivity (Wildman–Crippen MR) is 125 cm³/mol.